The second kappa shape index (κ2) is 8.11. The van der Waals surface area contributed by atoms with E-state index in [9.17, 15) is 14.9 Å². The summed E-state index contributed by atoms with van der Waals surface area (Å²) in [5.41, 5.74) is 1.93. The third kappa shape index (κ3) is 4.23. The molecule has 1 aromatic rings. The zero-order valence-corrected chi connectivity index (χ0v) is 16.5. The van der Waals surface area contributed by atoms with Crippen LogP contribution in [0.1, 0.15) is 31.7 Å². The zero-order valence-electron chi connectivity index (χ0n) is 15.7. The van der Waals surface area contributed by atoms with Crippen molar-refractivity contribution in [3.05, 3.63) is 34.9 Å². The Hall–Kier alpha value is -2.72. The molecule has 8 heteroatoms. The number of likely N-dealkylation sites (tertiary alicyclic amines) is 1. The Balaban J connectivity index is 1.76. The fourth-order valence-corrected chi connectivity index (χ4v) is 3.73. The summed E-state index contributed by atoms with van der Waals surface area (Å²) < 4.78 is 0. The molecule has 1 aromatic carbocycles. The summed E-state index contributed by atoms with van der Waals surface area (Å²) >= 11 is 6.37. The van der Waals surface area contributed by atoms with E-state index in [1.807, 2.05) is 25.1 Å². The molecule has 0 unspecified atom stereocenters. The van der Waals surface area contributed by atoms with Crippen LogP contribution in [0.2, 0.25) is 5.02 Å². The molecule has 0 radical (unpaired) electrons. The molecule has 3 rings (SSSR count). The molecule has 3 amide bonds. The number of nitriles is 1. The van der Waals surface area contributed by atoms with Crippen LogP contribution in [0.4, 0.5) is 15.3 Å². The normalized spacial score (nSPS) is 18.8. The van der Waals surface area contributed by atoms with Crippen molar-refractivity contribution in [2.24, 2.45) is 5.41 Å². The van der Waals surface area contributed by atoms with Gasteiger partial charge in [0, 0.05) is 31.7 Å². The van der Waals surface area contributed by atoms with E-state index in [2.05, 4.69) is 11.4 Å². The second-order valence-electron chi connectivity index (χ2n) is 7.46. The van der Waals surface area contributed by atoms with E-state index >= 15 is 0 Å². The summed E-state index contributed by atoms with van der Waals surface area (Å²) in [6.45, 7) is 3.67. The number of halogens is 1. The topological polar surface area (TPSA) is 96.7 Å². The van der Waals surface area contributed by atoms with Gasteiger partial charge in [-0.25, -0.2) is 9.59 Å². The Bertz CT molecular complexity index is 853. The summed E-state index contributed by atoms with van der Waals surface area (Å²) in [6, 6.07) is 7.51. The van der Waals surface area contributed by atoms with E-state index in [0.29, 0.717) is 56.2 Å². The standard InChI is InChI=1S/C20H23ClN4O3/c1-20(13-22)7-11-24(12-8-20)18(26)23-17-15(3-2-4-16(17)21)14-5-9-25(10-6-14)19(27)28/h2-5H,6-12H2,1H3,(H,23,26)(H,27,28). The number of carbonyl (C=O) groups is 2. The van der Waals surface area contributed by atoms with Crippen LogP contribution in [0.3, 0.4) is 0 Å². The van der Waals surface area contributed by atoms with Gasteiger partial charge in [0.05, 0.1) is 22.2 Å². The van der Waals surface area contributed by atoms with Gasteiger partial charge >= 0.3 is 12.1 Å². The second-order valence-corrected chi connectivity index (χ2v) is 7.87. The predicted octanol–water partition coefficient (Wildman–Crippen LogP) is 4.26. The van der Waals surface area contributed by atoms with Crippen LogP contribution in [-0.4, -0.2) is 53.2 Å². The lowest BCUT2D eigenvalue weighted by Gasteiger charge is -2.35. The molecular formula is C20H23ClN4O3. The molecule has 0 spiro atoms. The Morgan fingerprint density at radius 1 is 1.25 bits per heavy atom. The molecule has 148 valence electrons. The Morgan fingerprint density at radius 2 is 1.96 bits per heavy atom. The maximum atomic E-state index is 12.8. The van der Waals surface area contributed by atoms with Crippen LogP contribution in [-0.2, 0) is 0 Å². The Kier molecular flexibility index (Phi) is 5.80. The first-order valence-corrected chi connectivity index (χ1v) is 9.64. The van der Waals surface area contributed by atoms with Crippen molar-refractivity contribution in [1.29, 1.82) is 5.26 Å². The molecule has 2 N–H and O–H groups in total. The zero-order chi connectivity index (χ0) is 20.3. The third-order valence-electron chi connectivity index (χ3n) is 5.50. The van der Waals surface area contributed by atoms with Gasteiger partial charge in [0.1, 0.15) is 0 Å². The van der Waals surface area contributed by atoms with Crippen LogP contribution in [0.25, 0.3) is 5.57 Å². The highest BCUT2D eigenvalue weighted by Gasteiger charge is 2.32. The number of hydrogen-bond donors (Lipinski definition) is 2. The molecular weight excluding hydrogens is 380 g/mol. The number of nitrogens with one attached hydrogen (secondary N) is 1. The van der Waals surface area contributed by atoms with Crippen molar-refractivity contribution < 1.29 is 14.7 Å². The van der Waals surface area contributed by atoms with E-state index in [4.69, 9.17) is 16.7 Å². The van der Waals surface area contributed by atoms with Gasteiger partial charge in [-0.2, -0.15) is 5.26 Å². The number of hydrogen-bond acceptors (Lipinski definition) is 3. The molecule has 2 aliphatic heterocycles. The number of amides is 3. The average molecular weight is 403 g/mol. The molecule has 0 aliphatic carbocycles. The molecule has 0 bridgehead atoms. The summed E-state index contributed by atoms with van der Waals surface area (Å²) in [4.78, 5) is 26.9. The number of benzene rings is 1. The number of carbonyl (C=O) groups excluding carboxylic acids is 1. The lowest BCUT2D eigenvalue weighted by atomic mass is 9.82. The van der Waals surface area contributed by atoms with Crippen LogP contribution < -0.4 is 5.32 Å². The highest BCUT2D eigenvalue weighted by atomic mass is 35.5. The molecule has 0 atom stereocenters. The minimum absolute atomic E-state index is 0.238. The average Bonchev–Trinajstić information content (AvgIpc) is 2.70. The van der Waals surface area contributed by atoms with Gasteiger partial charge in [0.25, 0.3) is 0 Å². The SMILES string of the molecule is CC1(C#N)CCN(C(=O)Nc2c(Cl)cccc2C2=CCN(C(=O)O)CC2)CC1. The Labute approximate surface area is 169 Å². The summed E-state index contributed by atoms with van der Waals surface area (Å²) in [7, 11) is 0. The molecule has 1 fully saturated rings. The van der Waals surface area contributed by atoms with E-state index in [1.165, 1.54) is 4.90 Å². The fourth-order valence-electron chi connectivity index (χ4n) is 3.51. The molecule has 0 aromatic heterocycles. The number of anilines is 1. The summed E-state index contributed by atoms with van der Waals surface area (Å²) in [5, 5.41) is 21.7. The first kappa shape index (κ1) is 20.0. The van der Waals surface area contributed by atoms with Crippen LogP contribution >= 0.6 is 11.6 Å². The molecule has 0 saturated carbocycles. The van der Waals surface area contributed by atoms with Crippen molar-refractivity contribution in [3.63, 3.8) is 0 Å². The van der Waals surface area contributed by atoms with Gasteiger partial charge in [-0.1, -0.05) is 29.8 Å². The number of nitrogens with zero attached hydrogens (tertiary/aromatic N) is 3. The lowest BCUT2D eigenvalue weighted by molar-refractivity contribution is 0.150. The highest BCUT2D eigenvalue weighted by Crippen LogP contribution is 2.35. The number of para-hydroxylation sites is 1. The highest BCUT2D eigenvalue weighted by molar-refractivity contribution is 6.34. The molecule has 1 saturated heterocycles. The van der Waals surface area contributed by atoms with E-state index in [1.54, 1.807) is 11.0 Å². The van der Waals surface area contributed by atoms with Gasteiger partial charge in [0.15, 0.2) is 0 Å². The molecule has 2 heterocycles. The summed E-state index contributed by atoms with van der Waals surface area (Å²) in [6.07, 6.45) is 2.76. The first-order chi connectivity index (χ1) is 13.3. The predicted molar refractivity (Wildman–Crippen MR) is 107 cm³/mol. The van der Waals surface area contributed by atoms with Gasteiger partial charge < -0.3 is 20.2 Å². The van der Waals surface area contributed by atoms with E-state index < -0.39 is 6.09 Å². The Morgan fingerprint density at radius 3 is 2.54 bits per heavy atom. The maximum Gasteiger partial charge on any atom is 0.407 e. The number of rotatable bonds is 2. The minimum atomic E-state index is -0.940. The van der Waals surface area contributed by atoms with Crippen molar-refractivity contribution in [3.8, 4) is 6.07 Å². The first-order valence-electron chi connectivity index (χ1n) is 9.26. The maximum absolute atomic E-state index is 12.8. The fraction of sp³-hybridized carbons (Fsp3) is 0.450. The molecule has 2 aliphatic rings. The smallest absolute Gasteiger partial charge is 0.407 e. The van der Waals surface area contributed by atoms with E-state index in [0.717, 1.165) is 11.1 Å². The van der Waals surface area contributed by atoms with Gasteiger partial charge in [-0.15, -0.1) is 0 Å². The third-order valence-corrected chi connectivity index (χ3v) is 5.81. The van der Waals surface area contributed by atoms with Crippen molar-refractivity contribution in [2.45, 2.75) is 26.2 Å². The largest absolute Gasteiger partial charge is 0.465 e. The van der Waals surface area contributed by atoms with Gasteiger partial charge in [-0.05, 0) is 37.8 Å². The van der Waals surface area contributed by atoms with Crippen molar-refractivity contribution in [2.75, 3.05) is 31.5 Å². The minimum Gasteiger partial charge on any atom is -0.465 e. The van der Waals surface area contributed by atoms with E-state index in [-0.39, 0.29) is 11.4 Å². The van der Waals surface area contributed by atoms with Crippen LogP contribution in [0, 0.1) is 16.7 Å². The molecule has 28 heavy (non-hydrogen) atoms. The van der Waals surface area contributed by atoms with Crippen LogP contribution in [0.5, 0.6) is 0 Å². The van der Waals surface area contributed by atoms with Gasteiger partial charge in [0.2, 0.25) is 0 Å². The van der Waals surface area contributed by atoms with Gasteiger partial charge in [-0.3, -0.25) is 0 Å². The van der Waals surface area contributed by atoms with Crippen molar-refractivity contribution >= 4 is 35.0 Å². The number of urea groups is 1. The van der Waals surface area contributed by atoms with Crippen LogP contribution in [0.15, 0.2) is 24.3 Å². The number of carboxylic acid groups (broad SMARTS) is 1. The lowest BCUT2D eigenvalue weighted by Crippen LogP contribution is -2.43. The van der Waals surface area contributed by atoms with Crippen molar-refractivity contribution in [1.82, 2.24) is 9.80 Å². The quantitative estimate of drug-likeness (QED) is 0.772. The number of piperidine rings is 1. The monoisotopic (exact) mass is 402 g/mol. The molecule has 7 nitrogen and oxygen atoms in total. The summed E-state index contributed by atoms with van der Waals surface area (Å²) in [5.74, 6) is 0.